The third kappa shape index (κ3) is 4.46. The number of hydrogen-bond acceptors (Lipinski definition) is 5. The van der Waals surface area contributed by atoms with E-state index in [0.29, 0.717) is 38.2 Å². The van der Waals surface area contributed by atoms with Gasteiger partial charge in [-0.1, -0.05) is 30.3 Å². The average molecular weight is 480 g/mol. The smallest absolute Gasteiger partial charge is 0.262 e. The van der Waals surface area contributed by atoms with Crippen molar-refractivity contribution in [1.29, 1.82) is 0 Å². The molecule has 0 saturated heterocycles. The Morgan fingerprint density at radius 1 is 1.00 bits per heavy atom. The van der Waals surface area contributed by atoms with Crippen molar-refractivity contribution in [3.05, 3.63) is 88.6 Å². The van der Waals surface area contributed by atoms with E-state index in [1.54, 1.807) is 55.6 Å². The number of rotatable bonds is 7. The molecule has 1 N–H and O–H groups in total. The number of carbonyl (C=O) groups is 2. The molecule has 0 radical (unpaired) electrons. The van der Waals surface area contributed by atoms with Crippen LogP contribution in [0.3, 0.4) is 0 Å². The number of amides is 1. The third-order valence-corrected chi connectivity index (χ3v) is 5.21. The highest BCUT2D eigenvalue weighted by molar-refractivity contribution is 9.10. The van der Waals surface area contributed by atoms with E-state index < -0.39 is 5.91 Å². The van der Waals surface area contributed by atoms with E-state index in [-0.39, 0.29) is 18.2 Å². The molecule has 0 spiro atoms. The summed E-state index contributed by atoms with van der Waals surface area (Å²) in [4.78, 5) is 25.8. The van der Waals surface area contributed by atoms with Gasteiger partial charge in [0.25, 0.3) is 5.91 Å². The van der Waals surface area contributed by atoms with Crippen LogP contribution >= 0.6 is 15.9 Å². The van der Waals surface area contributed by atoms with Gasteiger partial charge in [-0.15, -0.1) is 0 Å². The Morgan fingerprint density at radius 2 is 1.74 bits per heavy atom. The molecule has 1 aromatic heterocycles. The molecule has 1 heterocycles. The summed E-state index contributed by atoms with van der Waals surface area (Å²) in [7, 11) is 1.55. The highest BCUT2D eigenvalue weighted by atomic mass is 79.9. The average Bonchev–Trinajstić information content (AvgIpc) is 3.16. The number of furan rings is 1. The third-order valence-electron chi connectivity index (χ3n) is 4.59. The number of fused-ring (bicyclic) bond motifs is 1. The molecule has 4 rings (SSSR count). The number of halogens is 1. The van der Waals surface area contributed by atoms with Crippen LogP contribution in [0.25, 0.3) is 11.0 Å². The predicted octanol–water partition coefficient (Wildman–Crippen LogP) is 5.45. The SMILES string of the molecule is COc1ccc(C(=O)c2oc3ccccc3c2NC(=O)COc2ccccc2)cc1Br. The summed E-state index contributed by atoms with van der Waals surface area (Å²) < 4.78 is 17.2. The lowest BCUT2D eigenvalue weighted by atomic mass is 10.1. The fourth-order valence-electron chi connectivity index (χ4n) is 3.11. The number of para-hydroxylation sites is 2. The molecular formula is C24H18BrNO5. The van der Waals surface area contributed by atoms with Crippen molar-refractivity contribution in [2.24, 2.45) is 0 Å². The van der Waals surface area contributed by atoms with Gasteiger partial charge in [0, 0.05) is 10.9 Å². The van der Waals surface area contributed by atoms with Crippen molar-refractivity contribution in [1.82, 2.24) is 0 Å². The maximum absolute atomic E-state index is 13.2. The Labute approximate surface area is 186 Å². The van der Waals surface area contributed by atoms with Crippen molar-refractivity contribution in [3.63, 3.8) is 0 Å². The molecule has 0 unspecified atom stereocenters. The van der Waals surface area contributed by atoms with E-state index in [0.717, 1.165) is 0 Å². The molecule has 4 aromatic rings. The van der Waals surface area contributed by atoms with Crippen molar-refractivity contribution in [2.45, 2.75) is 0 Å². The number of ether oxygens (including phenoxy) is 2. The lowest BCUT2D eigenvalue weighted by Gasteiger charge is -2.09. The quantitative estimate of drug-likeness (QED) is 0.356. The number of carbonyl (C=O) groups excluding carboxylic acids is 2. The van der Waals surface area contributed by atoms with Gasteiger partial charge in [-0.25, -0.2) is 0 Å². The molecule has 0 aliphatic heterocycles. The van der Waals surface area contributed by atoms with Crippen LogP contribution in [0, 0.1) is 0 Å². The van der Waals surface area contributed by atoms with Gasteiger partial charge in [-0.2, -0.15) is 0 Å². The highest BCUT2D eigenvalue weighted by Crippen LogP contribution is 2.34. The Kier molecular flexibility index (Phi) is 6.04. The zero-order valence-corrected chi connectivity index (χ0v) is 18.1. The first kappa shape index (κ1) is 20.7. The van der Waals surface area contributed by atoms with Crippen LogP contribution < -0.4 is 14.8 Å². The second kappa shape index (κ2) is 9.06. The predicted molar refractivity (Wildman–Crippen MR) is 121 cm³/mol. The number of anilines is 1. The lowest BCUT2D eigenvalue weighted by molar-refractivity contribution is -0.118. The standard InChI is InChI=1S/C24H18BrNO5/c1-29-20-12-11-15(13-18(20)25)23(28)24-22(17-9-5-6-10-19(17)31-24)26-21(27)14-30-16-7-3-2-4-8-16/h2-13H,14H2,1H3,(H,26,27). The summed E-state index contributed by atoms with van der Waals surface area (Å²) in [6, 6.07) is 21.1. The molecule has 3 aromatic carbocycles. The van der Waals surface area contributed by atoms with Gasteiger partial charge in [-0.3, -0.25) is 9.59 Å². The largest absolute Gasteiger partial charge is 0.496 e. The van der Waals surface area contributed by atoms with Crippen LogP contribution in [-0.2, 0) is 4.79 Å². The number of methoxy groups -OCH3 is 1. The first-order chi connectivity index (χ1) is 15.1. The van der Waals surface area contributed by atoms with Gasteiger partial charge in [0.15, 0.2) is 12.4 Å². The van der Waals surface area contributed by atoms with Crippen molar-refractivity contribution >= 4 is 44.3 Å². The van der Waals surface area contributed by atoms with E-state index in [1.807, 2.05) is 24.3 Å². The maximum atomic E-state index is 13.2. The van der Waals surface area contributed by atoms with Crippen LogP contribution in [0.15, 0.2) is 81.7 Å². The maximum Gasteiger partial charge on any atom is 0.262 e. The minimum Gasteiger partial charge on any atom is -0.496 e. The minimum atomic E-state index is -0.402. The molecule has 0 fully saturated rings. The number of ketones is 1. The fourth-order valence-corrected chi connectivity index (χ4v) is 3.65. The van der Waals surface area contributed by atoms with Gasteiger partial charge >= 0.3 is 0 Å². The molecule has 7 heteroatoms. The number of nitrogens with one attached hydrogen (secondary N) is 1. The monoisotopic (exact) mass is 479 g/mol. The molecule has 6 nitrogen and oxygen atoms in total. The molecule has 1 amide bonds. The molecule has 0 saturated carbocycles. The second-order valence-electron chi connectivity index (χ2n) is 6.63. The van der Waals surface area contributed by atoms with Crippen LogP contribution in [-0.4, -0.2) is 25.4 Å². The van der Waals surface area contributed by atoms with Gasteiger partial charge in [0.1, 0.15) is 17.1 Å². The highest BCUT2D eigenvalue weighted by Gasteiger charge is 2.24. The van der Waals surface area contributed by atoms with Crippen LogP contribution in [0.4, 0.5) is 5.69 Å². The van der Waals surface area contributed by atoms with E-state index in [1.165, 1.54) is 0 Å². The summed E-state index contributed by atoms with van der Waals surface area (Å²) >= 11 is 3.39. The lowest BCUT2D eigenvalue weighted by Crippen LogP contribution is -2.21. The summed E-state index contributed by atoms with van der Waals surface area (Å²) in [5.41, 5.74) is 1.20. The van der Waals surface area contributed by atoms with Crippen molar-refractivity contribution in [2.75, 3.05) is 19.0 Å². The first-order valence-corrected chi connectivity index (χ1v) is 10.2. The second-order valence-corrected chi connectivity index (χ2v) is 7.49. The molecule has 0 aliphatic rings. The van der Waals surface area contributed by atoms with E-state index in [2.05, 4.69) is 21.2 Å². The Balaban J connectivity index is 1.63. The zero-order chi connectivity index (χ0) is 21.8. The number of hydrogen-bond donors (Lipinski definition) is 1. The van der Waals surface area contributed by atoms with Crippen molar-refractivity contribution < 1.29 is 23.5 Å². The minimum absolute atomic E-state index is 0.0475. The molecular weight excluding hydrogens is 462 g/mol. The summed E-state index contributed by atoms with van der Waals surface area (Å²) in [6.07, 6.45) is 0. The normalized spacial score (nSPS) is 10.6. The van der Waals surface area contributed by atoms with Crippen LogP contribution in [0.1, 0.15) is 16.1 Å². The van der Waals surface area contributed by atoms with Gasteiger partial charge in [0.05, 0.1) is 17.3 Å². The number of benzene rings is 3. The summed E-state index contributed by atoms with van der Waals surface area (Å²) in [6.45, 7) is -0.203. The molecule has 0 bridgehead atoms. The summed E-state index contributed by atoms with van der Waals surface area (Å²) in [5, 5.41) is 3.41. The fraction of sp³-hybridized carbons (Fsp3) is 0.0833. The summed E-state index contributed by atoms with van der Waals surface area (Å²) in [5.74, 6) is 0.465. The molecule has 0 atom stereocenters. The van der Waals surface area contributed by atoms with Gasteiger partial charge in [-0.05, 0) is 58.4 Å². The van der Waals surface area contributed by atoms with E-state index in [9.17, 15) is 9.59 Å². The van der Waals surface area contributed by atoms with E-state index in [4.69, 9.17) is 13.9 Å². The topological polar surface area (TPSA) is 77.8 Å². The van der Waals surface area contributed by atoms with E-state index >= 15 is 0 Å². The first-order valence-electron chi connectivity index (χ1n) is 9.44. The Bertz CT molecular complexity index is 1250. The molecule has 31 heavy (non-hydrogen) atoms. The molecule has 0 aliphatic carbocycles. The van der Waals surface area contributed by atoms with Crippen LogP contribution in [0.2, 0.25) is 0 Å². The van der Waals surface area contributed by atoms with Crippen molar-refractivity contribution in [3.8, 4) is 11.5 Å². The Morgan fingerprint density at radius 3 is 2.48 bits per heavy atom. The Hall–Kier alpha value is -3.58. The van der Waals surface area contributed by atoms with Gasteiger partial charge < -0.3 is 19.2 Å². The van der Waals surface area contributed by atoms with Crippen LogP contribution in [0.5, 0.6) is 11.5 Å². The zero-order valence-electron chi connectivity index (χ0n) is 16.6. The molecule has 156 valence electrons. The van der Waals surface area contributed by atoms with Gasteiger partial charge in [0.2, 0.25) is 5.78 Å².